The molecule has 0 aliphatic carbocycles. The third-order valence-electron chi connectivity index (χ3n) is 4.60. The molecule has 0 fully saturated rings. The van der Waals surface area contributed by atoms with Crippen LogP contribution in [0.2, 0.25) is 0 Å². The SMILES string of the molecule is COc1ccc(CCNC(=O)CCc2csc(NC(=O)Nc3ccccc3)n2)cc1OC. The van der Waals surface area contributed by atoms with Crippen LogP contribution in [-0.4, -0.2) is 37.7 Å². The summed E-state index contributed by atoms with van der Waals surface area (Å²) in [5.41, 5.74) is 2.51. The Bertz CT molecular complexity index is 1040. The van der Waals surface area contributed by atoms with E-state index in [0.717, 1.165) is 11.3 Å². The predicted octanol–water partition coefficient (Wildman–Crippen LogP) is 4.10. The van der Waals surface area contributed by atoms with Gasteiger partial charge in [-0.05, 0) is 42.7 Å². The number of nitrogens with zero attached hydrogens (tertiary/aromatic N) is 1. The molecule has 0 atom stereocenters. The highest BCUT2D eigenvalue weighted by atomic mass is 32.1. The summed E-state index contributed by atoms with van der Waals surface area (Å²) in [6, 6.07) is 14.5. The van der Waals surface area contributed by atoms with E-state index in [9.17, 15) is 9.59 Å². The van der Waals surface area contributed by atoms with Crippen molar-refractivity contribution in [1.29, 1.82) is 0 Å². The van der Waals surface area contributed by atoms with Gasteiger partial charge in [0.25, 0.3) is 0 Å². The normalized spacial score (nSPS) is 10.3. The van der Waals surface area contributed by atoms with Gasteiger partial charge in [-0.25, -0.2) is 9.78 Å². The minimum absolute atomic E-state index is 0.0465. The quantitative estimate of drug-likeness (QED) is 0.428. The van der Waals surface area contributed by atoms with Crippen LogP contribution < -0.4 is 25.4 Å². The maximum atomic E-state index is 12.2. The molecule has 0 spiro atoms. The molecule has 0 bridgehead atoms. The highest BCUT2D eigenvalue weighted by molar-refractivity contribution is 7.13. The first-order valence-electron chi connectivity index (χ1n) is 10.1. The van der Waals surface area contributed by atoms with Crippen molar-refractivity contribution in [2.24, 2.45) is 0 Å². The number of methoxy groups -OCH3 is 2. The van der Waals surface area contributed by atoms with E-state index in [0.29, 0.717) is 48.1 Å². The molecule has 0 unspecified atom stereocenters. The van der Waals surface area contributed by atoms with Crippen molar-refractivity contribution in [1.82, 2.24) is 10.3 Å². The van der Waals surface area contributed by atoms with Crippen molar-refractivity contribution in [3.05, 3.63) is 65.2 Å². The van der Waals surface area contributed by atoms with E-state index in [1.807, 2.05) is 41.8 Å². The number of aromatic nitrogens is 1. The lowest BCUT2D eigenvalue weighted by Gasteiger charge is -2.10. The molecule has 168 valence electrons. The van der Waals surface area contributed by atoms with Gasteiger partial charge in [-0.1, -0.05) is 24.3 Å². The van der Waals surface area contributed by atoms with E-state index in [1.165, 1.54) is 11.3 Å². The molecule has 32 heavy (non-hydrogen) atoms. The Morgan fingerprint density at radius 3 is 2.50 bits per heavy atom. The molecule has 0 saturated heterocycles. The summed E-state index contributed by atoms with van der Waals surface area (Å²) < 4.78 is 10.5. The first kappa shape index (κ1) is 23.1. The van der Waals surface area contributed by atoms with Crippen molar-refractivity contribution in [2.75, 3.05) is 31.4 Å². The van der Waals surface area contributed by atoms with Crippen LogP contribution in [0.4, 0.5) is 15.6 Å². The standard InChI is InChI=1S/C23H26N4O4S/c1-30-19-10-8-16(14-20(19)31-2)12-13-24-21(28)11-9-18-15-32-23(26-18)27-22(29)25-17-6-4-3-5-7-17/h3-8,10,14-15H,9,11-13H2,1-2H3,(H,24,28)(H2,25,26,27,29). The zero-order valence-corrected chi connectivity index (χ0v) is 18.8. The van der Waals surface area contributed by atoms with E-state index in [-0.39, 0.29) is 11.9 Å². The van der Waals surface area contributed by atoms with Gasteiger partial charge in [-0.2, -0.15) is 0 Å². The molecule has 2 aromatic carbocycles. The van der Waals surface area contributed by atoms with Gasteiger partial charge in [-0.3, -0.25) is 10.1 Å². The number of para-hydroxylation sites is 1. The lowest BCUT2D eigenvalue weighted by atomic mass is 10.1. The monoisotopic (exact) mass is 454 g/mol. The maximum Gasteiger partial charge on any atom is 0.325 e. The van der Waals surface area contributed by atoms with Crippen LogP contribution in [0, 0.1) is 0 Å². The van der Waals surface area contributed by atoms with Gasteiger partial charge in [0.1, 0.15) is 0 Å². The molecule has 1 aromatic heterocycles. The number of nitrogens with one attached hydrogen (secondary N) is 3. The number of hydrogen-bond donors (Lipinski definition) is 3. The van der Waals surface area contributed by atoms with Gasteiger partial charge in [0.2, 0.25) is 5.91 Å². The first-order valence-corrected chi connectivity index (χ1v) is 11.0. The average molecular weight is 455 g/mol. The molecule has 8 nitrogen and oxygen atoms in total. The number of carbonyl (C=O) groups excluding carboxylic acids is 2. The second-order valence-electron chi connectivity index (χ2n) is 6.88. The molecule has 0 radical (unpaired) electrons. The number of thiazole rings is 1. The fourth-order valence-corrected chi connectivity index (χ4v) is 3.71. The Morgan fingerprint density at radius 1 is 0.969 bits per heavy atom. The first-order chi connectivity index (χ1) is 15.6. The van der Waals surface area contributed by atoms with E-state index in [1.54, 1.807) is 26.4 Å². The molecule has 0 aliphatic heterocycles. The number of anilines is 2. The summed E-state index contributed by atoms with van der Waals surface area (Å²) in [4.78, 5) is 28.6. The zero-order valence-electron chi connectivity index (χ0n) is 18.0. The fraction of sp³-hybridized carbons (Fsp3) is 0.261. The van der Waals surface area contributed by atoms with Gasteiger partial charge < -0.3 is 20.1 Å². The van der Waals surface area contributed by atoms with Crippen molar-refractivity contribution in [2.45, 2.75) is 19.3 Å². The second kappa shape index (κ2) is 11.7. The highest BCUT2D eigenvalue weighted by Gasteiger charge is 2.09. The molecule has 1 heterocycles. The Balaban J connectivity index is 1.38. The summed E-state index contributed by atoms with van der Waals surface area (Å²) in [6.07, 6.45) is 1.51. The Labute approximate surface area is 191 Å². The van der Waals surface area contributed by atoms with Crippen LogP contribution in [0.3, 0.4) is 0 Å². The molecule has 3 rings (SSSR count). The van der Waals surface area contributed by atoms with Crippen molar-refractivity contribution < 1.29 is 19.1 Å². The largest absolute Gasteiger partial charge is 0.493 e. The van der Waals surface area contributed by atoms with Crippen LogP contribution in [0.15, 0.2) is 53.9 Å². The smallest absolute Gasteiger partial charge is 0.325 e. The zero-order chi connectivity index (χ0) is 22.8. The number of ether oxygens (including phenoxy) is 2. The fourth-order valence-electron chi connectivity index (χ4n) is 2.97. The molecular weight excluding hydrogens is 428 g/mol. The third kappa shape index (κ3) is 6.98. The summed E-state index contributed by atoms with van der Waals surface area (Å²) in [5.74, 6) is 1.30. The summed E-state index contributed by atoms with van der Waals surface area (Å²) in [7, 11) is 3.19. The van der Waals surface area contributed by atoms with Crippen LogP contribution in [-0.2, 0) is 17.6 Å². The molecule has 3 N–H and O–H groups in total. The number of urea groups is 1. The van der Waals surface area contributed by atoms with Crippen LogP contribution >= 0.6 is 11.3 Å². The van der Waals surface area contributed by atoms with Crippen molar-refractivity contribution in [3.63, 3.8) is 0 Å². The lowest BCUT2D eigenvalue weighted by Crippen LogP contribution is -2.25. The summed E-state index contributed by atoms with van der Waals surface area (Å²) >= 11 is 1.32. The van der Waals surface area contributed by atoms with Crippen LogP contribution in [0.1, 0.15) is 17.7 Å². The maximum absolute atomic E-state index is 12.2. The average Bonchev–Trinajstić information content (AvgIpc) is 3.25. The number of aryl methyl sites for hydroxylation is 1. The van der Waals surface area contributed by atoms with Gasteiger partial charge in [0.15, 0.2) is 16.6 Å². The number of rotatable bonds is 10. The van der Waals surface area contributed by atoms with E-state index in [2.05, 4.69) is 20.9 Å². The minimum atomic E-state index is -0.356. The lowest BCUT2D eigenvalue weighted by molar-refractivity contribution is -0.121. The minimum Gasteiger partial charge on any atom is -0.493 e. The molecule has 0 saturated carbocycles. The molecule has 0 aliphatic rings. The van der Waals surface area contributed by atoms with Crippen LogP contribution in [0.25, 0.3) is 0 Å². The number of hydrogen-bond acceptors (Lipinski definition) is 6. The van der Waals surface area contributed by atoms with E-state index < -0.39 is 0 Å². The van der Waals surface area contributed by atoms with Crippen molar-refractivity contribution >= 4 is 34.1 Å². The van der Waals surface area contributed by atoms with Crippen molar-refractivity contribution in [3.8, 4) is 11.5 Å². The molecule has 3 aromatic rings. The number of benzene rings is 2. The topological polar surface area (TPSA) is 102 Å². The van der Waals surface area contributed by atoms with E-state index >= 15 is 0 Å². The van der Waals surface area contributed by atoms with E-state index in [4.69, 9.17) is 9.47 Å². The van der Waals surface area contributed by atoms with Gasteiger partial charge >= 0.3 is 6.03 Å². The molecule has 9 heteroatoms. The Kier molecular flexibility index (Phi) is 8.44. The Morgan fingerprint density at radius 2 is 1.75 bits per heavy atom. The van der Waals surface area contributed by atoms with Gasteiger partial charge in [0.05, 0.1) is 19.9 Å². The number of carbonyl (C=O) groups is 2. The highest BCUT2D eigenvalue weighted by Crippen LogP contribution is 2.27. The molecule has 3 amide bonds. The number of amides is 3. The summed E-state index contributed by atoms with van der Waals surface area (Å²) in [6.45, 7) is 0.526. The Hall–Kier alpha value is -3.59. The predicted molar refractivity (Wildman–Crippen MR) is 126 cm³/mol. The van der Waals surface area contributed by atoms with Crippen LogP contribution in [0.5, 0.6) is 11.5 Å². The van der Waals surface area contributed by atoms with Gasteiger partial charge in [0, 0.05) is 24.0 Å². The summed E-state index contributed by atoms with van der Waals surface area (Å²) in [5, 5.41) is 10.7. The van der Waals surface area contributed by atoms with Gasteiger partial charge in [-0.15, -0.1) is 11.3 Å². The third-order valence-corrected chi connectivity index (χ3v) is 5.40. The molecular formula is C23H26N4O4S. The second-order valence-corrected chi connectivity index (χ2v) is 7.74.